The summed E-state index contributed by atoms with van der Waals surface area (Å²) < 4.78 is 5.26. The maximum absolute atomic E-state index is 12.1. The molecule has 0 aliphatic carbocycles. The van der Waals surface area contributed by atoms with Gasteiger partial charge in [0, 0.05) is 18.7 Å². The van der Waals surface area contributed by atoms with E-state index in [1.165, 1.54) is 12.1 Å². The summed E-state index contributed by atoms with van der Waals surface area (Å²) in [4.78, 5) is 24.5. The van der Waals surface area contributed by atoms with Crippen LogP contribution in [-0.2, 0) is 4.74 Å². The molecular weight excluding hydrogens is 332 g/mol. The molecule has 0 aliphatic heterocycles. The largest absolute Gasteiger partial charge is 0.461 e. The van der Waals surface area contributed by atoms with Crippen molar-refractivity contribution >= 4 is 23.3 Å². The lowest BCUT2D eigenvalue weighted by atomic mass is 10.2. The highest BCUT2D eigenvalue weighted by molar-refractivity contribution is 6.33. The highest BCUT2D eigenvalue weighted by Crippen LogP contribution is 2.23. The van der Waals surface area contributed by atoms with Gasteiger partial charge < -0.3 is 4.74 Å². The molecule has 0 radical (unpaired) electrons. The summed E-state index contributed by atoms with van der Waals surface area (Å²) in [7, 11) is 0. The van der Waals surface area contributed by atoms with Gasteiger partial charge >= 0.3 is 5.97 Å². The number of carbonyl (C=O) groups is 1. The molecule has 0 fully saturated rings. The van der Waals surface area contributed by atoms with E-state index in [9.17, 15) is 14.9 Å². The van der Waals surface area contributed by atoms with Crippen LogP contribution in [0.4, 0.5) is 5.69 Å². The first kappa shape index (κ1) is 20.4. The number of halogens is 1. The predicted octanol–water partition coefficient (Wildman–Crippen LogP) is 4.31. The molecule has 6 nitrogen and oxygen atoms in total. The van der Waals surface area contributed by atoms with E-state index < -0.39 is 10.9 Å². The van der Waals surface area contributed by atoms with Crippen LogP contribution in [0.3, 0.4) is 0 Å². The van der Waals surface area contributed by atoms with Gasteiger partial charge in [0.2, 0.25) is 0 Å². The van der Waals surface area contributed by atoms with E-state index >= 15 is 0 Å². The maximum Gasteiger partial charge on any atom is 0.339 e. The Morgan fingerprint density at radius 3 is 2.33 bits per heavy atom. The molecule has 7 heteroatoms. The first-order valence-corrected chi connectivity index (χ1v) is 8.70. The molecule has 0 amide bonds. The summed E-state index contributed by atoms with van der Waals surface area (Å²) in [6.07, 6.45) is 4.49. The zero-order valence-corrected chi connectivity index (χ0v) is 15.1. The molecule has 0 spiro atoms. The molecule has 134 valence electrons. The summed E-state index contributed by atoms with van der Waals surface area (Å²) in [5.41, 5.74) is -0.00205. The molecule has 0 N–H and O–H groups in total. The molecule has 24 heavy (non-hydrogen) atoms. The van der Waals surface area contributed by atoms with E-state index in [0.717, 1.165) is 44.8 Å². The molecule has 0 saturated heterocycles. The third-order valence-electron chi connectivity index (χ3n) is 3.68. The van der Waals surface area contributed by atoms with Gasteiger partial charge in [0.05, 0.1) is 15.5 Å². The van der Waals surface area contributed by atoms with Crippen molar-refractivity contribution in [1.29, 1.82) is 0 Å². The number of benzene rings is 1. The highest BCUT2D eigenvalue weighted by atomic mass is 35.5. The molecule has 0 heterocycles. The lowest BCUT2D eigenvalue weighted by Gasteiger charge is -2.21. The summed E-state index contributed by atoms with van der Waals surface area (Å²) >= 11 is 5.93. The second kappa shape index (κ2) is 11.0. The third-order valence-corrected chi connectivity index (χ3v) is 3.99. The van der Waals surface area contributed by atoms with E-state index in [2.05, 4.69) is 18.7 Å². The van der Waals surface area contributed by atoms with Crippen LogP contribution in [-0.4, -0.2) is 42.0 Å². The number of carbonyl (C=O) groups excluding carboxylic acids is 1. The van der Waals surface area contributed by atoms with Crippen molar-refractivity contribution in [2.75, 3.05) is 26.2 Å². The van der Waals surface area contributed by atoms with Crippen molar-refractivity contribution in [3.05, 3.63) is 38.9 Å². The van der Waals surface area contributed by atoms with E-state index in [1.807, 2.05) is 0 Å². The number of hydrogen-bond acceptors (Lipinski definition) is 5. The Morgan fingerprint density at radius 2 is 1.83 bits per heavy atom. The SMILES string of the molecule is CCCCN(CCCC)CCOC(=O)c1ccc([N+](=O)[O-])cc1Cl. The minimum Gasteiger partial charge on any atom is -0.461 e. The van der Waals surface area contributed by atoms with Crippen molar-refractivity contribution in [3.63, 3.8) is 0 Å². The highest BCUT2D eigenvalue weighted by Gasteiger charge is 2.16. The van der Waals surface area contributed by atoms with E-state index in [4.69, 9.17) is 16.3 Å². The fourth-order valence-corrected chi connectivity index (χ4v) is 2.48. The number of nitro groups is 1. The van der Waals surface area contributed by atoms with Gasteiger partial charge in [-0.2, -0.15) is 0 Å². The normalized spacial score (nSPS) is 10.8. The van der Waals surface area contributed by atoms with Crippen molar-refractivity contribution in [3.8, 4) is 0 Å². The Labute approximate surface area is 147 Å². The Morgan fingerprint density at radius 1 is 1.21 bits per heavy atom. The summed E-state index contributed by atoms with van der Waals surface area (Å²) in [6, 6.07) is 3.74. The molecule has 0 unspecified atom stereocenters. The fourth-order valence-electron chi connectivity index (χ4n) is 2.23. The van der Waals surface area contributed by atoms with Gasteiger partial charge in [-0.15, -0.1) is 0 Å². The minimum atomic E-state index is -0.555. The number of non-ortho nitro benzene ring substituents is 1. The number of ether oxygens (including phenoxy) is 1. The van der Waals surface area contributed by atoms with Gasteiger partial charge in [-0.25, -0.2) is 4.79 Å². The average molecular weight is 357 g/mol. The van der Waals surface area contributed by atoms with Crippen LogP contribution in [0.15, 0.2) is 18.2 Å². The summed E-state index contributed by atoms with van der Waals surface area (Å²) in [5.74, 6) is -0.555. The molecule has 0 aliphatic rings. The lowest BCUT2D eigenvalue weighted by Crippen LogP contribution is -2.30. The van der Waals surface area contributed by atoms with Gasteiger partial charge in [-0.3, -0.25) is 15.0 Å². The Kier molecular flexibility index (Phi) is 9.34. The van der Waals surface area contributed by atoms with Crippen LogP contribution in [0, 0.1) is 10.1 Å². The number of nitro benzene ring substituents is 1. The van der Waals surface area contributed by atoms with Crippen LogP contribution < -0.4 is 0 Å². The molecule has 0 saturated carbocycles. The topological polar surface area (TPSA) is 72.7 Å². The maximum atomic E-state index is 12.1. The molecule has 1 rings (SSSR count). The minimum absolute atomic E-state index is 0.0306. The monoisotopic (exact) mass is 356 g/mol. The molecule has 0 atom stereocenters. The first-order chi connectivity index (χ1) is 11.5. The van der Waals surface area contributed by atoms with Crippen LogP contribution in [0.5, 0.6) is 0 Å². The zero-order valence-electron chi connectivity index (χ0n) is 14.3. The Bertz CT molecular complexity index is 543. The van der Waals surface area contributed by atoms with Crippen molar-refractivity contribution in [2.24, 2.45) is 0 Å². The quantitative estimate of drug-likeness (QED) is 0.335. The number of rotatable bonds is 11. The third kappa shape index (κ3) is 6.84. The molecule has 0 aromatic heterocycles. The number of unbranched alkanes of at least 4 members (excludes halogenated alkanes) is 2. The molecule has 1 aromatic carbocycles. The second-order valence-electron chi connectivity index (χ2n) is 5.61. The van der Waals surface area contributed by atoms with Crippen LogP contribution >= 0.6 is 11.6 Å². The van der Waals surface area contributed by atoms with E-state index in [0.29, 0.717) is 6.54 Å². The zero-order chi connectivity index (χ0) is 17.9. The van der Waals surface area contributed by atoms with Crippen molar-refractivity contribution < 1.29 is 14.5 Å². The summed E-state index contributed by atoms with van der Waals surface area (Å²) in [5, 5.41) is 10.7. The molecule has 0 bridgehead atoms. The van der Waals surface area contributed by atoms with Gasteiger partial charge in [-0.05, 0) is 32.0 Å². The van der Waals surface area contributed by atoms with Crippen LogP contribution in [0.25, 0.3) is 0 Å². The molecular formula is C17H25ClN2O4. The van der Waals surface area contributed by atoms with E-state index in [-0.39, 0.29) is 22.9 Å². The van der Waals surface area contributed by atoms with Gasteiger partial charge in [0.1, 0.15) is 6.61 Å². The predicted molar refractivity (Wildman–Crippen MR) is 94.6 cm³/mol. The van der Waals surface area contributed by atoms with Gasteiger partial charge in [-0.1, -0.05) is 38.3 Å². The Hall–Kier alpha value is -1.66. The van der Waals surface area contributed by atoms with Gasteiger partial charge in [0.25, 0.3) is 5.69 Å². The van der Waals surface area contributed by atoms with E-state index in [1.54, 1.807) is 0 Å². The Balaban J connectivity index is 2.53. The first-order valence-electron chi connectivity index (χ1n) is 8.33. The fraction of sp³-hybridized carbons (Fsp3) is 0.588. The van der Waals surface area contributed by atoms with Crippen LogP contribution in [0.1, 0.15) is 49.9 Å². The standard InChI is InChI=1S/C17H25ClN2O4/c1-3-5-9-19(10-6-4-2)11-12-24-17(21)15-8-7-14(20(22)23)13-16(15)18/h7-8,13H,3-6,9-12H2,1-2H3. The smallest absolute Gasteiger partial charge is 0.339 e. The van der Waals surface area contributed by atoms with Crippen molar-refractivity contribution in [1.82, 2.24) is 4.90 Å². The van der Waals surface area contributed by atoms with Crippen molar-refractivity contribution in [2.45, 2.75) is 39.5 Å². The number of esters is 1. The second-order valence-corrected chi connectivity index (χ2v) is 6.01. The van der Waals surface area contributed by atoms with Crippen LogP contribution in [0.2, 0.25) is 5.02 Å². The number of nitrogens with zero attached hydrogens (tertiary/aromatic N) is 2. The van der Waals surface area contributed by atoms with Gasteiger partial charge in [0.15, 0.2) is 0 Å². The lowest BCUT2D eigenvalue weighted by molar-refractivity contribution is -0.384. The average Bonchev–Trinajstić information content (AvgIpc) is 2.56. The number of hydrogen-bond donors (Lipinski definition) is 0. The molecule has 1 aromatic rings. The summed E-state index contributed by atoms with van der Waals surface area (Å²) in [6.45, 7) is 7.23.